The average molecular weight is 510 g/mol. The van der Waals surface area contributed by atoms with Crippen LogP contribution in [0.4, 0.5) is 20.6 Å². The number of carboxylic acids is 1. The van der Waals surface area contributed by atoms with E-state index >= 15 is 0 Å². The topological polar surface area (TPSA) is 160 Å². The van der Waals surface area contributed by atoms with E-state index in [1.807, 2.05) is 0 Å². The molecule has 2 unspecified atom stereocenters. The van der Waals surface area contributed by atoms with E-state index in [2.05, 4.69) is 15.6 Å². The lowest BCUT2D eigenvalue weighted by molar-refractivity contribution is -0.385. The van der Waals surface area contributed by atoms with Crippen LogP contribution in [0.15, 0.2) is 54.9 Å². The summed E-state index contributed by atoms with van der Waals surface area (Å²) in [6.07, 6.45) is 1.48. The number of hydrogen-bond donors (Lipinski definition) is 3. The summed E-state index contributed by atoms with van der Waals surface area (Å²) in [4.78, 5) is 54.0. The number of aromatic nitrogens is 2. The van der Waals surface area contributed by atoms with Crippen molar-refractivity contribution in [2.75, 3.05) is 5.32 Å². The van der Waals surface area contributed by atoms with Gasteiger partial charge < -0.3 is 25.2 Å². The highest BCUT2D eigenvalue weighted by Crippen LogP contribution is 2.26. The van der Waals surface area contributed by atoms with Crippen LogP contribution in [0.25, 0.3) is 0 Å². The van der Waals surface area contributed by atoms with Crippen LogP contribution in [-0.4, -0.2) is 54.5 Å². The zero-order chi connectivity index (χ0) is 26.7. The number of para-hydroxylation sites is 1. The van der Waals surface area contributed by atoms with Crippen LogP contribution in [0.3, 0.4) is 0 Å². The molecule has 192 valence electrons. The van der Waals surface area contributed by atoms with Gasteiger partial charge in [0.15, 0.2) is 0 Å². The zero-order valence-corrected chi connectivity index (χ0v) is 19.6. The third-order valence-electron chi connectivity index (χ3n) is 6.03. The highest BCUT2D eigenvalue weighted by molar-refractivity contribution is 5.95. The fourth-order valence-corrected chi connectivity index (χ4v) is 4.06. The second-order valence-electron chi connectivity index (χ2n) is 8.51. The number of nitrogens with zero attached hydrogens (tertiary/aromatic N) is 4. The lowest BCUT2D eigenvalue weighted by atomic mass is 10.0. The van der Waals surface area contributed by atoms with E-state index in [9.17, 15) is 34.0 Å². The van der Waals surface area contributed by atoms with Gasteiger partial charge in [-0.05, 0) is 31.2 Å². The molecule has 0 aliphatic carbocycles. The largest absolute Gasteiger partial charge is 0.480 e. The number of amides is 3. The van der Waals surface area contributed by atoms with E-state index in [0.29, 0.717) is 22.6 Å². The maximum absolute atomic E-state index is 13.3. The van der Waals surface area contributed by atoms with Crippen molar-refractivity contribution < 1.29 is 28.8 Å². The fourth-order valence-electron chi connectivity index (χ4n) is 4.06. The first-order chi connectivity index (χ1) is 17.6. The molecule has 12 nitrogen and oxygen atoms in total. The Morgan fingerprint density at radius 3 is 2.59 bits per heavy atom. The Balaban J connectivity index is 1.64. The van der Waals surface area contributed by atoms with Gasteiger partial charge in [0.2, 0.25) is 5.91 Å². The summed E-state index contributed by atoms with van der Waals surface area (Å²) in [5.41, 5.74) is 1.75. The van der Waals surface area contributed by atoms with Gasteiger partial charge in [-0.1, -0.05) is 18.2 Å². The van der Waals surface area contributed by atoms with Gasteiger partial charge in [0.1, 0.15) is 17.9 Å². The highest BCUT2D eigenvalue weighted by Gasteiger charge is 2.38. The molecule has 1 aliphatic heterocycles. The second kappa shape index (κ2) is 10.4. The van der Waals surface area contributed by atoms with E-state index in [4.69, 9.17) is 0 Å². The summed E-state index contributed by atoms with van der Waals surface area (Å²) < 4.78 is 15.0. The quantitative estimate of drug-likeness (QED) is 0.325. The number of urea groups is 1. The van der Waals surface area contributed by atoms with Crippen LogP contribution in [-0.2, 0) is 29.1 Å². The minimum atomic E-state index is -1.24. The first kappa shape index (κ1) is 25.3. The van der Waals surface area contributed by atoms with E-state index in [1.165, 1.54) is 48.5 Å². The van der Waals surface area contributed by atoms with Crippen LogP contribution < -0.4 is 10.6 Å². The molecule has 2 aromatic carbocycles. The van der Waals surface area contributed by atoms with Crippen molar-refractivity contribution in [2.45, 2.75) is 38.5 Å². The molecular weight excluding hydrogens is 487 g/mol. The Morgan fingerprint density at radius 1 is 1.22 bits per heavy atom. The Hall–Kier alpha value is -4.81. The number of aliphatic carboxylic acids is 1. The number of fused-ring (bicyclic) bond motifs is 1. The van der Waals surface area contributed by atoms with Crippen molar-refractivity contribution >= 4 is 29.3 Å². The minimum absolute atomic E-state index is 0.00573. The molecule has 0 saturated carbocycles. The minimum Gasteiger partial charge on any atom is -0.480 e. The molecule has 13 heteroatoms. The van der Waals surface area contributed by atoms with Crippen molar-refractivity contribution in [1.82, 2.24) is 19.8 Å². The Kier molecular flexibility index (Phi) is 7.13. The summed E-state index contributed by atoms with van der Waals surface area (Å²) in [5.74, 6) is -2.40. The molecule has 0 bridgehead atoms. The summed E-state index contributed by atoms with van der Waals surface area (Å²) in [6.45, 7) is 1.33. The number of imidazole rings is 1. The van der Waals surface area contributed by atoms with Gasteiger partial charge in [0.25, 0.3) is 5.69 Å². The molecule has 3 amide bonds. The van der Waals surface area contributed by atoms with E-state index < -0.39 is 40.7 Å². The zero-order valence-electron chi connectivity index (χ0n) is 19.6. The van der Waals surface area contributed by atoms with Crippen LogP contribution >= 0.6 is 0 Å². The summed E-state index contributed by atoms with van der Waals surface area (Å²) in [6, 6.07) is 8.39. The van der Waals surface area contributed by atoms with Crippen molar-refractivity contribution in [1.29, 1.82) is 0 Å². The molecule has 0 fully saturated rings. The van der Waals surface area contributed by atoms with Crippen LogP contribution in [0.2, 0.25) is 0 Å². The molecule has 4 rings (SSSR count). The number of nitrogens with one attached hydrogen (secondary N) is 2. The first-order valence-electron chi connectivity index (χ1n) is 11.3. The average Bonchev–Trinajstić information content (AvgIpc) is 3.26. The van der Waals surface area contributed by atoms with Gasteiger partial charge in [0.05, 0.1) is 35.7 Å². The standard InChI is InChI=1S/C24H23FN6O6/c1-14(23(33)34)27-22(32)20-10-18-21(12-30(20)24(35)28-17-8-6-16(25)7-9-17)29(13-26-18)11-15-4-2-3-5-19(15)31(36)37/h2-9,13-14,20H,10-12H2,1H3,(H,27,32)(H,28,35)(H,33,34). The predicted molar refractivity (Wildman–Crippen MR) is 128 cm³/mol. The van der Waals surface area contributed by atoms with Gasteiger partial charge in [-0.2, -0.15) is 0 Å². The third kappa shape index (κ3) is 5.55. The van der Waals surface area contributed by atoms with Gasteiger partial charge in [-0.25, -0.2) is 14.2 Å². The Bertz CT molecular complexity index is 1360. The van der Waals surface area contributed by atoms with Crippen LogP contribution in [0.1, 0.15) is 23.9 Å². The molecule has 2 atom stereocenters. The normalized spacial score (nSPS) is 15.4. The van der Waals surface area contributed by atoms with E-state index in [1.54, 1.807) is 22.8 Å². The van der Waals surface area contributed by atoms with Crippen LogP contribution in [0, 0.1) is 15.9 Å². The molecule has 0 spiro atoms. The number of carboxylic acid groups (broad SMARTS) is 1. The van der Waals surface area contributed by atoms with Gasteiger partial charge in [-0.3, -0.25) is 19.7 Å². The Labute approximate surface area is 209 Å². The molecule has 37 heavy (non-hydrogen) atoms. The van der Waals surface area contributed by atoms with Crippen LogP contribution in [0.5, 0.6) is 0 Å². The van der Waals surface area contributed by atoms with Crippen molar-refractivity contribution in [3.63, 3.8) is 0 Å². The molecule has 0 saturated heterocycles. The Morgan fingerprint density at radius 2 is 1.92 bits per heavy atom. The number of nitro groups is 1. The maximum atomic E-state index is 13.3. The van der Waals surface area contributed by atoms with Gasteiger partial charge in [-0.15, -0.1) is 0 Å². The molecular formula is C24H23FN6O6. The molecule has 1 aliphatic rings. The first-order valence-corrected chi connectivity index (χ1v) is 11.3. The smallest absolute Gasteiger partial charge is 0.325 e. The van der Waals surface area contributed by atoms with E-state index in [0.717, 1.165) is 0 Å². The van der Waals surface area contributed by atoms with Crippen molar-refractivity contribution in [3.05, 3.63) is 87.7 Å². The molecule has 3 N–H and O–H groups in total. The molecule has 0 radical (unpaired) electrons. The number of carbonyl (C=O) groups is 3. The fraction of sp³-hybridized carbons (Fsp3) is 0.250. The van der Waals surface area contributed by atoms with Crippen molar-refractivity contribution in [3.8, 4) is 0 Å². The van der Waals surface area contributed by atoms with Gasteiger partial charge in [0, 0.05) is 23.7 Å². The number of nitro benzene ring substituents is 1. The van der Waals surface area contributed by atoms with E-state index in [-0.39, 0.29) is 25.2 Å². The SMILES string of the molecule is CC(NC(=O)C1Cc2ncn(Cc3ccccc3[N+](=O)[O-])c2CN1C(=O)Nc1ccc(F)cc1)C(=O)O. The second-order valence-corrected chi connectivity index (χ2v) is 8.51. The number of rotatable bonds is 7. The highest BCUT2D eigenvalue weighted by atomic mass is 19.1. The van der Waals surface area contributed by atoms with Gasteiger partial charge >= 0.3 is 12.0 Å². The third-order valence-corrected chi connectivity index (χ3v) is 6.03. The monoisotopic (exact) mass is 510 g/mol. The van der Waals surface area contributed by atoms with Crippen molar-refractivity contribution in [2.24, 2.45) is 0 Å². The molecule has 1 aromatic heterocycles. The summed E-state index contributed by atoms with van der Waals surface area (Å²) in [5, 5.41) is 25.6. The number of benzene rings is 2. The summed E-state index contributed by atoms with van der Waals surface area (Å²) in [7, 11) is 0. The number of hydrogen-bond acceptors (Lipinski definition) is 6. The lowest BCUT2D eigenvalue weighted by Crippen LogP contribution is -2.56. The number of halogens is 1. The number of carbonyl (C=O) groups excluding carboxylic acids is 2. The summed E-state index contributed by atoms with van der Waals surface area (Å²) >= 11 is 0. The molecule has 3 aromatic rings. The predicted octanol–water partition coefficient (Wildman–Crippen LogP) is 2.53. The molecule has 2 heterocycles. The maximum Gasteiger partial charge on any atom is 0.325 e. The number of anilines is 1. The lowest BCUT2D eigenvalue weighted by Gasteiger charge is -2.35.